The standard InChI is InChI=1S/C12H20N4O2/c1-15-11(10(13)8-14-15)12(18)16-6-2-4-9(16)5-3-7-17/h8-9,17H,2-7,13H2,1H3. The van der Waals surface area contributed by atoms with Gasteiger partial charge in [-0.05, 0) is 25.7 Å². The minimum atomic E-state index is -0.0482. The summed E-state index contributed by atoms with van der Waals surface area (Å²) in [6.45, 7) is 0.936. The van der Waals surface area contributed by atoms with Crippen molar-refractivity contribution in [3.63, 3.8) is 0 Å². The first-order chi connectivity index (χ1) is 8.65. The maximum atomic E-state index is 12.4. The summed E-state index contributed by atoms with van der Waals surface area (Å²) in [5.41, 5.74) is 6.67. The average molecular weight is 252 g/mol. The molecule has 2 heterocycles. The van der Waals surface area contributed by atoms with E-state index in [1.807, 2.05) is 4.90 Å². The Labute approximate surface area is 106 Å². The lowest BCUT2D eigenvalue weighted by Crippen LogP contribution is -2.37. The third-order valence-corrected chi connectivity index (χ3v) is 3.50. The number of nitrogens with zero attached hydrogens (tertiary/aromatic N) is 3. The summed E-state index contributed by atoms with van der Waals surface area (Å²) in [7, 11) is 1.72. The van der Waals surface area contributed by atoms with Crippen molar-refractivity contribution >= 4 is 11.6 Å². The monoisotopic (exact) mass is 252 g/mol. The Balaban J connectivity index is 2.13. The number of likely N-dealkylation sites (tertiary alicyclic amines) is 1. The summed E-state index contributed by atoms with van der Waals surface area (Å²) >= 11 is 0. The molecule has 1 aromatic rings. The van der Waals surface area contributed by atoms with Crippen LogP contribution in [-0.2, 0) is 7.05 Å². The first-order valence-electron chi connectivity index (χ1n) is 6.34. The van der Waals surface area contributed by atoms with Gasteiger partial charge in [0, 0.05) is 26.2 Å². The number of anilines is 1. The average Bonchev–Trinajstić information content (AvgIpc) is 2.93. The minimum absolute atomic E-state index is 0.0482. The smallest absolute Gasteiger partial charge is 0.274 e. The molecule has 1 aromatic heterocycles. The number of aryl methyl sites for hydroxylation is 1. The number of carbonyl (C=O) groups excluding carboxylic acids is 1. The van der Waals surface area contributed by atoms with E-state index in [9.17, 15) is 4.79 Å². The van der Waals surface area contributed by atoms with E-state index in [-0.39, 0.29) is 18.6 Å². The van der Waals surface area contributed by atoms with Crippen LogP contribution in [-0.4, -0.2) is 44.9 Å². The minimum Gasteiger partial charge on any atom is -0.396 e. The molecule has 3 N–H and O–H groups in total. The molecule has 2 rings (SSSR count). The molecule has 6 heteroatoms. The summed E-state index contributed by atoms with van der Waals surface area (Å²) in [4.78, 5) is 14.3. The second kappa shape index (κ2) is 5.39. The highest BCUT2D eigenvalue weighted by atomic mass is 16.3. The maximum absolute atomic E-state index is 12.4. The molecule has 0 aliphatic carbocycles. The Hall–Kier alpha value is -1.56. The van der Waals surface area contributed by atoms with Crippen molar-refractivity contribution in [1.82, 2.24) is 14.7 Å². The highest BCUT2D eigenvalue weighted by Crippen LogP contribution is 2.24. The van der Waals surface area contributed by atoms with Gasteiger partial charge in [-0.25, -0.2) is 0 Å². The van der Waals surface area contributed by atoms with Crippen LogP contribution in [0.25, 0.3) is 0 Å². The first kappa shape index (κ1) is 12.9. The number of aromatic nitrogens is 2. The summed E-state index contributed by atoms with van der Waals surface area (Å²) in [5, 5.41) is 12.9. The fourth-order valence-corrected chi connectivity index (χ4v) is 2.58. The normalized spacial score (nSPS) is 19.4. The number of aliphatic hydroxyl groups is 1. The largest absolute Gasteiger partial charge is 0.396 e. The second-order valence-electron chi connectivity index (χ2n) is 4.73. The van der Waals surface area contributed by atoms with E-state index >= 15 is 0 Å². The molecule has 0 aromatic carbocycles. The number of amides is 1. The lowest BCUT2D eigenvalue weighted by atomic mass is 10.1. The molecule has 1 aliphatic heterocycles. The van der Waals surface area contributed by atoms with Gasteiger partial charge in [0.2, 0.25) is 0 Å². The number of nitrogens with two attached hydrogens (primary N) is 1. The van der Waals surface area contributed by atoms with E-state index < -0.39 is 0 Å². The maximum Gasteiger partial charge on any atom is 0.274 e. The topological polar surface area (TPSA) is 84.4 Å². The van der Waals surface area contributed by atoms with Crippen LogP contribution >= 0.6 is 0 Å². The SMILES string of the molecule is Cn1ncc(N)c1C(=O)N1CCCC1CCCO. The molecular weight excluding hydrogens is 232 g/mol. The molecule has 1 fully saturated rings. The van der Waals surface area contributed by atoms with Crippen LogP contribution in [0, 0.1) is 0 Å². The predicted octanol–water partition coefficient (Wildman–Crippen LogP) is 0.379. The van der Waals surface area contributed by atoms with Gasteiger partial charge < -0.3 is 15.7 Å². The molecule has 0 radical (unpaired) electrons. The van der Waals surface area contributed by atoms with E-state index in [1.54, 1.807) is 7.05 Å². The summed E-state index contributed by atoms with van der Waals surface area (Å²) in [6, 6.07) is 0.221. The Morgan fingerprint density at radius 3 is 3.06 bits per heavy atom. The van der Waals surface area contributed by atoms with Gasteiger partial charge >= 0.3 is 0 Å². The lowest BCUT2D eigenvalue weighted by Gasteiger charge is -2.24. The molecule has 6 nitrogen and oxygen atoms in total. The van der Waals surface area contributed by atoms with Crippen molar-refractivity contribution in [2.24, 2.45) is 7.05 Å². The van der Waals surface area contributed by atoms with Crippen molar-refractivity contribution in [1.29, 1.82) is 0 Å². The highest BCUT2D eigenvalue weighted by Gasteiger charge is 2.31. The number of nitrogen functional groups attached to an aromatic ring is 1. The molecule has 0 saturated carbocycles. The van der Waals surface area contributed by atoms with Crippen molar-refractivity contribution in [3.05, 3.63) is 11.9 Å². The van der Waals surface area contributed by atoms with Crippen molar-refractivity contribution in [2.75, 3.05) is 18.9 Å². The Morgan fingerprint density at radius 1 is 1.67 bits per heavy atom. The van der Waals surface area contributed by atoms with E-state index in [2.05, 4.69) is 5.10 Å². The van der Waals surface area contributed by atoms with Gasteiger partial charge in [0.1, 0.15) is 5.69 Å². The fourth-order valence-electron chi connectivity index (χ4n) is 2.58. The zero-order chi connectivity index (χ0) is 13.1. The van der Waals surface area contributed by atoms with E-state index in [1.165, 1.54) is 10.9 Å². The number of hydrogen-bond acceptors (Lipinski definition) is 4. The Kier molecular flexibility index (Phi) is 3.86. The quantitative estimate of drug-likeness (QED) is 0.811. The van der Waals surface area contributed by atoms with Crippen LogP contribution in [0.1, 0.15) is 36.2 Å². The Bertz CT molecular complexity index is 410. The third-order valence-electron chi connectivity index (χ3n) is 3.50. The molecule has 1 amide bonds. The first-order valence-corrected chi connectivity index (χ1v) is 6.34. The van der Waals surface area contributed by atoms with Crippen LogP contribution in [0.15, 0.2) is 6.20 Å². The molecule has 100 valence electrons. The van der Waals surface area contributed by atoms with Gasteiger partial charge in [0.25, 0.3) is 5.91 Å². The summed E-state index contributed by atoms with van der Waals surface area (Å²) in [5.74, 6) is -0.0482. The van der Waals surface area contributed by atoms with Crippen molar-refractivity contribution in [3.8, 4) is 0 Å². The number of hydrogen-bond donors (Lipinski definition) is 2. The van der Waals surface area contributed by atoms with Crippen molar-refractivity contribution < 1.29 is 9.90 Å². The van der Waals surface area contributed by atoms with Crippen LogP contribution in [0.5, 0.6) is 0 Å². The van der Waals surface area contributed by atoms with Gasteiger partial charge in [-0.3, -0.25) is 9.48 Å². The fraction of sp³-hybridized carbons (Fsp3) is 0.667. The molecular formula is C12H20N4O2. The molecule has 1 unspecified atom stereocenters. The zero-order valence-corrected chi connectivity index (χ0v) is 10.7. The van der Waals surface area contributed by atoms with E-state index in [0.717, 1.165) is 32.2 Å². The lowest BCUT2D eigenvalue weighted by molar-refractivity contribution is 0.0714. The number of rotatable bonds is 4. The van der Waals surface area contributed by atoms with E-state index in [0.29, 0.717) is 11.4 Å². The molecule has 18 heavy (non-hydrogen) atoms. The Morgan fingerprint density at radius 2 is 2.44 bits per heavy atom. The number of aliphatic hydroxyl groups excluding tert-OH is 1. The van der Waals surface area contributed by atoms with Gasteiger partial charge in [0.15, 0.2) is 0 Å². The van der Waals surface area contributed by atoms with Crippen LogP contribution in [0.4, 0.5) is 5.69 Å². The molecule has 1 aliphatic rings. The molecule has 1 saturated heterocycles. The number of carbonyl (C=O) groups is 1. The van der Waals surface area contributed by atoms with Gasteiger partial charge in [-0.2, -0.15) is 5.10 Å². The third kappa shape index (κ3) is 2.33. The second-order valence-corrected chi connectivity index (χ2v) is 4.73. The van der Waals surface area contributed by atoms with Crippen molar-refractivity contribution in [2.45, 2.75) is 31.7 Å². The predicted molar refractivity (Wildman–Crippen MR) is 68.0 cm³/mol. The summed E-state index contributed by atoms with van der Waals surface area (Å²) < 4.78 is 1.53. The van der Waals surface area contributed by atoms with Crippen LogP contribution in [0.3, 0.4) is 0 Å². The van der Waals surface area contributed by atoms with Crippen LogP contribution in [0.2, 0.25) is 0 Å². The highest BCUT2D eigenvalue weighted by molar-refractivity contribution is 5.97. The van der Waals surface area contributed by atoms with Gasteiger partial charge in [-0.1, -0.05) is 0 Å². The van der Waals surface area contributed by atoms with Gasteiger partial charge in [-0.15, -0.1) is 0 Å². The summed E-state index contributed by atoms with van der Waals surface area (Å²) in [6.07, 6.45) is 5.10. The molecule has 0 spiro atoms. The molecule has 0 bridgehead atoms. The van der Waals surface area contributed by atoms with Crippen LogP contribution < -0.4 is 5.73 Å². The van der Waals surface area contributed by atoms with E-state index in [4.69, 9.17) is 10.8 Å². The zero-order valence-electron chi connectivity index (χ0n) is 10.7. The van der Waals surface area contributed by atoms with Gasteiger partial charge in [0.05, 0.1) is 11.9 Å². The molecule has 1 atom stereocenters.